The van der Waals surface area contributed by atoms with E-state index in [4.69, 9.17) is 28.2 Å². The number of halogens is 2. The van der Waals surface area contributed by atoms with Crippen LogP contribution in [-0.4, -0.2) is 19.5 Å². The Morgan fingerprint density at radius 1 is 1.04 bits per heavy atom. The summed E-state index contributed by atoms with van der Waals surface area (Å²) in [6, 6.07) is 11.6. The molecule has 0 atom stereocenters. The van der Waals surface area contributed by atoms with E-state index in [1.165, 1.54) is 0 Å². The number of nitrogens with zero attached hydrogens (tertiary/aromatic N) is 4. The van der Waals surface area contributed by atoms with Crippen LogP contribution in [-0.2, 0) is 6.54 Å². The van der Waals surface area contributed by atoms with Gasteiger partial charge < -0.3 is 9.88 Å². The van der Waals surface area contributed by atoms with Gasteiger partial charge in [-0.25, -0.2) is 9.97 Å². The van der Waals surface area contributed by atoms with Gasteiger partial charge in [-0.05, 0) is 43.7 Å². The van der Waals surface area contributed by atoms with E-state index in [0.717, 1.165) is 46.8 Å². The molecule has 0 saturated heterocycles. The van der Waals surface area contributed by atoms with Crippen molar-refractivity contribution in [1.29, 1.82) is 0 Å². The van der Waals surface area contributed by atoms with Crippen molar-refractivity contribution in [2.75, 3.05) is 5.32 Å². The van der Waals surface area contributed by atoms with Gasteiger partial charge in [0.1, 0.15) is 17.2 Å². The summed E-state index contributed by atoms with van der Waals surface area (Å²) in [6.45, 7) is 4.91. The molecular weight excluding hydrogens is 393 g/mol. The Bertz CT molecular complexity index is 1140. The van der Waals surface area contributed by atoms with Crippen LogP contribution in [0.15, 0.2) is 48.8 Å². The van der Waals surface area contributed by atoms with E-state index in [9.17, 15) is 0 Å². The van der Waals surface area contributed by atoms with Crippen molar-refractivity contribution in [3.63, 3.8) is 0 Å². The summed E-state index contributed by atoms with van der Waals surface area (Å²) in [6.07, 6.45) is 4.51. The maximum Gasteiger partial charge on any atom is 0.149 e. The highest BCUT2D eigenvalue weighted by atomic mass is 35.5. The molecule has 0 radical (unpaired) electrons. The van der Waals surface area contributed by atoms with Crippen LogP contribution >= 0.6 is 23.2 Å². The fourth-order valence-corrected chi connectivity index (χ4v) is 3.54. The van der Waals surface area contributed by atoms with Crippen LogP contribution in [0.25, 0.3) is 22.4 Å². The number of benzene rings is 1. The van der Waals surface area contributed by atoms with Gasteiger partial charge in [0.05, 0.1) is 27.4 Å². The van der Waals surface area contributed by atoms with Gasteiger partial charge in [-0.1, -0.05) is 36.2 Å². The van der Waals surface area contributed by atoms with Gasteiger partial charge in [0.2, 0.25) is 0 Å². The Balaban J connectivity index is 1.74. The average Bonchev–Trinajstić information content (AvgIpc) is 3.05. The fraction of sp³-hybridized carbons (Fsp3) is 0.190. The predicted molar refractivity (Wildman–Crippen MR) is 116 cm³/mol. The van der Waals surface area contributed by atoms with E-state index in [0.29, 0.717) is 15.9 Å². The lowest BCUT2D eigenvalue weighted by atomic mass is 10.2. The van der Waals surface area contributed by atoms with Crippen LogP contribution in [0, 0.1) is 6.92 Å². The van der Waals surface area contributed by atoms with E-state index in [1.807, 2.05) is 43.3 Å². The van der Waals surface area contributed by atoms with Crippen molar-refractivity contribution in [3.8, 4) is 11.4 Å². The Morgan fingerprint density at radius 2 is 1.89 bits per heavy atom. The summed E-state index contributed by atoms with van der Waals surface area (Å²) < 4.78 is 2.16. The number of fused-ring (bicyclic) bond motifs is 1. The first-order chi connectivity index (χ1) is 13.6. The van der Waals surface area contributed by atoms with Crippen molar-refractivity contribution < 1.29 is 0 Å². The van der Waals surface area contributed by atoms with Gasteiger partial charge in [-0.2, -0.15) is 0 Å². The second kappa shape index (κ2) is 7.78. The molecule has 3 aromatic heterocycles. The van der Waals surface area contributed by atoms with Crippen LogP contribution in [0.2, 0.25) is 10.0 Å². The minimum atomic E-state index is 0.513. The van der Waals surface area contributed by atoms with Crippen LogP contribution in [0.3, 0.4) is 0 Å². The van der Waals surface area contributed by atoms with Crippen LogP contribution in [0.4, 0.5) is 11.5 Å². The van der Waals surface area contributed by atoms with Crippen LogP contribution < -0.4 is 5.32 Å². The average molecular weight is 412 g/mol. The normalized spacial score (nSPS) is 11.1. The van der Waals surface area contributed by atoms with E-state index < -0.39 is 0 Å². The Hall–Kier alpha value is -2.63. The number of anilines is 2. The maximum absolute atomic E-state index is 6.51. The molecule has 7 heteroatoms. The lowest BCUT2D eigenvalue weighted by molar-refractivity contribution is 0.704. The lowest BCUT2D eigenvalue weighted by Crippen LogP contribution is -2.01. The summed E-state index contributed by atoms with van der Waals surface area (Å²) in [4.78, 5) is 13.6. The highest BCUT2D eigenvalue weighted by molar-refractivity contribution is 6.35. The molecule has 0 aliphatic rings. The standard InChI is InChI=1S/C21H19Cl2N5/c1-3-9-28-18-6-4-5-16(22)19(18)27-21(28)14-10-17(23)20(25-11-14)26-15-8-7-13(2)24-12-15/h4-8,10-12H,3,9H2,1-2H3,(H,25,26). The van der Waals surface area contributed by atoms with Crippen LogP contribution in [0.5, 0.6) is 0 Å². The van der Waals surface area contributed by atoms with Gasteiger partial charge in [0, 0.05) is 24.0 Å². The first kappa shape index (κ1) is 18.7. The van der Waals surface area contributed by atoms with E-state index in [-0.39, 0.29) is 0 Å². The number of para-hydroxylation sites is 1. The molecule has 0 amide bonds. The van der Waals surface area contributed by atoms with Crippen molar-refractivity contribution in [1.82, 2.24) is 19.5 Å². The Kier molecular flexibility index (Phi) is 5.20. The molecule has 142 valence electrons. The first-order valence-electron chi connectivity index (χ1n) is 9.07. The van der Waals surface area contributed by atoms with Gasteiger partial charge in [0.15, 0.2) is 0 Å². The van der Waals surface area contributed by atoms with E-state index >= 15 is 0 Å². The number of hydrogen-bond donors (Lipinski definition) is 1. The van der Waals surface area contributed by atoms with Crippen molar-refractivity contribution in [2.24, 2.45) is 0 Å². The first-order valence-corrected chi connectivity index (χ1v) is 9.82. The van der Waals surface area contributed by atoms with Crippen LogP contribution in [0.1, 0.15) is 19.0 Å². The third-order valence-corrected chi connectivity index (χ3v) is 5.04. The van der Waals surface area contributed by atoms with Gasteiger partial charge >= 0.3 is 0 Å². The van der Waals surface area contributed by atoms with E-state index in [2.05, 4.69) is 26.8 Å². The molecule has 0 spiro atoms. The summed E-state index contributed by atoms with van der Waals surface area (Å²) in [5, 5.41) is 4.35. The van der Waals surface area contributed by atoms with Crippen molar-refractivity contribution >= 4 is 45.7 Å². The molecule has 0 aliphatic heterocycles. The number of hydrogen-bond acceptors (Lipinski definition) is 4. The molecule has 0 saturated carbocycles. The van der Waals surface area contributed by atoms with E-state index in [1.54, 1.807) is 12.4 Å². The van der Waals surface area contributed by atoms with Gasteiger partial charge in [-0.15, -0.1) is 0 Å². The molecule has 4 rings (SSSR count). The third-order valence-electron chi connectivity index (χ3n) is 4.45. The third kappa shape index (κ3) is 3.55. The summed E-state index contributed by atoms with van der Waals surface area (Å²) in [5.41, 5.74) is 4.43. The molecule has 0 fully saturated rings. The molecule has 1 N–H and O–H groups in total. The SMILES string of the molecule is CCCn1c(-c2cnc(Nc3ccc(C)nc3)c(Cl)c2)nc2c(Cl)cccc21. The zero-order valence-corrected chi connectivity index (χ0v) is 17.1. The minimum absolute atomic E-state index is 0.513. The smallest absolute Gasteiger partial charge is 0.149 e. The molecule has 0 unspecified atom stereocenters. The molecule has 0 bridgehead atoms. The monoisotopic (exact) mass is 411 g/mol. The molecule has 1 aromatic carbocycles. The predicted octanol–water partition coefficient (Wildman–Crippen LogP) is 6.26. The molecule has 4 aromatic rings. The fourth-order valence-electron chi connectivity index (χ4n) is 3.11. The zero-order chi connectivity index (χ0) is 19.7. The highest BCUT2D eigenvalue weighted by Gasteiger charge is 2.16. The zero-order valence-electron chi connectivity index (χ0n) is 15.6. The molecule has 3 heterocycles. The Morgan fingerprint density at radius 3 is 2.61 bits per heavy atom. The second-order valence-corrected chi connectivity index (χ2v) is 7.38. The molecule has 0 aliphatic carbocycles. The summed E-state index contributed by atoms with van der Waals surface area (Å²) in [5.74, 6) is 1.38. The highest BCUT2D eigenvalue weighted by Crippen LogP contribution is 2.32. The summed E-state index contributed by atoms with van der Waals surface area (Å²) in [7, 11) is 0. The largest absolute Gasteiger partial charge is 0.338 e. The minimum Gasteiger partial charge on any atom is -0.338 e. The number of nitrogens with one attached hydrogen (secondary N) is 1. The second-order valence-electron chi connectivity index (χ2n) is 6.56. The molecule has 28 heavy (non-hydrogen) atoms. The number of aryl methyl sites for hydroxylation is 2. The van der Waals surface area contributed by atoms with Gasteiger partial charge in [0.25, 0.3) is 0 Å². The maximum atomic E-state index is 6.51. The number of rotatable bonds is 5. The van der Waals surface area contributed by atoms with Crippen molar-refractivity contribution in [2.45, 2.75) is 26.8 Å². The number of imidazole rings is 1. The lowest BCUT2D eigenvalue weighted by Gasteiger charge is -2.11. The number of pyridine rings is 2. The Labute approximate surface area is 173 Å². The van der Waals surface area contributed by atoms with Crippen molar-refractivity contribution in [3.05, 3.63) is 64.5 Å². The topological polar surface area (TPSA) is 55.6 Å². The van der Waals surface area contributed by atoms with Gasteiger partial charge in [-0.3, -0.25) is 4.98 Å². The molecular formula is C21H19Cl2N5. The summed E-state index contributed by atoms with van der Waals surface area (Å²) >= 11 is 12.9. The molecule has 5 nitrogen and oxygen atoms in total. The number of aromatic nitrogens is 4. The quantitative estimate of drug-likeness (QED) is 0.420.